The maximum Gasteiger partial charge on any atom is 0.416 e. The molecule has 0 spiro atoms. The van der Waals surface area contributed by atoms with Crippen LogP contribution in [0.4, 0.5) is 18.9 Å². The number of carbonyl (C=O) groups excluding carboxylic acids is 2. The Kier molecular flexibility index (Phi) is 6.02. The molecule has 3 rings (SSSR count). The molecule has 0 saturated heterocycles. The van der Waals surface area contributed by atoms with Crippen LogP contribution in [-0.4, -0.2) is 17.9 Å². The van der Waals surface area contributed by atoms with E-state index in [4.69, 9.17) is 0 Å². The van der Waals surface area contributed by atoms with Crippen molar-refractivity contribution < 1.29 is 22.8 Å². The molecule has 1 fully saturated rings. The molecule has 7 heteroatoms. The van der Waals surface area contributed by atoms with Crippen LogP contribution in [0.3, 0.4) is 0 Å². The lowest BCUT2D eigenvalue weighted by Gasteiger charge is -2.22. The van der Waals surface area contributed by atoms with Crippen LogP contribution in [-0.2, 0) is 6.18 Å². The Morgan fingerprint density at radius 2 is 1.50 bits per heavy atom. The van der Waals surface area contributed by atoms with Crippen LogP contribution in [0.1, 0.15) is 58.4 Å². The fraction of sp³-hybridized carbons (Fsp3) is 0.333. The quantitative estimate of drug-likeness (QED) is 0.770. The summed E-state index contributed by atoms with van der Waals surface area (Å²) in [4.78, 5) is 24.8. The molecule has 0 radical (unpaired) electrons. The molecule has 0 bridgehead atoms. The van der Waals surface area contributed by atoms with Crippen LogP contribution in [0.2, 0.25) is 0 Å². The summed E-state index contributed by atoms with van der Waals surface area (Å²) in [6.45, 7) is 0. The smallest absolute Gasteiger partial charge is 0.349 e. The van der Waals surface area contributed by atoms with Crippen LogP contribution in [0, 0.1) is 0 Å². The van der Waals surface area contributed by atoms with E-state index in [0.717, 1.165) is 37.8 Å². The van der Waals surface area contributed by atoms with Gasteiger partial charge in [-0.15, -0.1) is 0 Å². The van der Waals surface area contributed by atoms with Gasteiger partial charge in [0.15, 0.2) is 0 Å². The van der Waals surface area contributed by atoms with Crippen LogP contribution < -0.4 is 10.6 Å². The van der Waals surface area contributed by atoms with Gasteiger partial charge in [0.1, 0.15) is 0 Å². The van der Waals surface area contributed by atoms with E-state index in [0.29, 0.717) is 5.56 Å². The number of alkyl halides is 3. The minimum absolute atomic E-state index is 0.0388. The average molecular weight is 390 g/mol. The highest BCUT2D eigenvalue weighted by atomic mass is 19.4. The average Bonchev–Trinajstić information content (AvgIpc) is 2.68. The van der Waals surface area contributed by atoms with Gasteiger partial charge >= 0.3 is 6.18 Å². The van der Waals surface area contributed by atoms with Gasteiger partial charge in [-0.1, -0.05) is 31.4 Å². The summed E-state index contributed by atoms with van der Waals surface area (Å²) >= 11 is 0. The van der Waals surface area contributed by atoms with Crippen molar-refractivity contribution in [1.82, 2.24) is 5.32 Å². The van der Waals surface area contributed by atoms with Crippen LogP contribution in [0.5, 0.6) is 0 Å². The first kappa shape index (κ1) is 19.9. The van der Waals surface area contributed by atoms with E-state index >= 15 is 0 Å². The number of nitrogens with one attached hydrogen (secondary N) is 2. The topological polar surface area (TPSA) is 58.2 Å². The summed E-state index contributed by atoms with van der Waals surface area (Å²) in [5, 5.41) is 5.43. The predicted octanol–water partition coefficient (Wildman–Crippen LogP) is 5.02. The molecule has 2 amide bonds. The minimum atomic E-state index is -4.49. The summed E-state index contributed by atoms with van der Waals surface area (Å²) in [7, 11) is 0. The Bertz CT molecular complexity index is 859. The summed E-state index contributed by atoms with van der Waals surface area (Å²) in [6, 6.07) is 10.7. The monoisotopic (exact) mass is 390 g/mol. The molecule has 0 aromatic heterocycles. The SMILES string of the molecule is O=C(Nc1cccc(C(F)(F)F)c1)c1cccc(C(=O)NC2CCCCC2)c1. The van der Waals surface area contributed by atoms with Gasteiger partial charge in [0.05, 0.1) is 5.56 Å². The summed E-state index contributed by atoms with van der Waals surface area (Å²) in [5.74, 6) is -0.827. The highest BCUT2D eigenvalue weighted by Gasteiger charge is 2.30. The minimum Gasteiger partial charge on any atom is -0.349 e. The van der Waals surface area contributed by atoms with Crippen molar-refractivity contribution in [3.05, 3.63) is 65.2 Å². The van der Waals surface area contributed by atoms with Gasteiger partial charge < -0.3 is 10.6 Å². The normalized spacial score (nSPS) is 15.1. The first-order valence-electron chi connectivity index (χ1n) is 9.22. The first-order valence-corrected chi connectivity index (χ1v) is 9.22. The Labute approximate surface area is 161 Å². The third-order valence-electron chi connectivity index (χ3n) is 4.78. The van der Waals surface area contributed by atoms with E-state index < -0.39 is 17.6 Å². The van der Waals surface area contributed by atoms with Crippen molar-refractivity contribution in [2.24, 2.45) is 0 Å². The molecule has 1 aliphatic rings. The van der Waals surface area contributed by atoms with Crippen LogP contribution in [0.15, 0.2) is 48.5 Å². The Morgan fingerprint density at radius 3 is 2.18 bits per heavy atom. The van der Waals surface area contributed by atoms with Gasteiger partial charge in [-0.05, 0) is 49.2 Å². The fourth-order valence-corrected chi connectivity index (χ4v) is 3.29. The fourth-order valence-electron chi connectivity index (χ4n) is 3.29. The van der Waals surface area contributed by atoms with E-state index in [1.165, 1.54) is 30.7 Å². The third kappa shape index (κ3) is 5.12. The number of benzene rings is 2. The van der Waals surface area contributed by atoms with Gasteiger partial charge in [0.25, 0.3) is 11.8 Å². The lowest BCUT2D eigenvalue weighted by molar-refractivity contribution is -0.137. The van der Waals surface area contributed by atoms with E-state index in [1.807, 2.05) is 0 Å². The molecule has 148 valence electrons. The molecule has 0 heterocycles. The molecule has 0 unspecified atom stereocenters. The number of halogens is 3. The molecular weight excluding hydrogens is 369 g/mol. The van der Waals surface area contributed by atoms with Crippen LogP contribution in [0.25, 0.3) is 0 Å². The predicted molar refractivity (Wildman–Crippen MR) is 100 cm³/mol. The maximum absolute atomic E-state index is 12.8. The molecular formula is C21H21F3N2O2. The largest absolute Gasteiger partial charge is 0.416 e. The zero-order valence-electron chi connectivity index (χ0n) is 15.2. The second-order valence-corrected chi connectivity index (χ2v) is 6.92. The highest BCUT2D eigenvalue weighted by molar-refractivity contribution is 6.06. The Hall–Kier alpha value is -2.83. The van der Waals surface area contributed by atoms with Crippen LogP contribution >= 0.6 is 0 Å². The maximum atomic E-state index is 12.8. The summed E-state index contributed by atoms with van der Waals surface area (Å²) in [5.41, 5.74) is -0.251. The standard InChI is InChI=1S/C21H21F3N2O2/c22-21(23,24)16-8-5-11-18(13-16)26-20(28)15-7-4-6-14(12-15)19(27)25-17-9-2-1-3-10-17/h4-8,11-13,17H,1-3,9-10H2,(H,25,27)(H,26,28). The van der Waals surface area contributed by atoms with Crippen molar-refractivity contribution in [3.63, 3.8) is 0 Å². The molecule has 2 N–H and O–H groups in total. The van der Waals surface area contributed by atoms with Gasteiger partial charge in [-0.2, -0.15) is 13.2 Å². The third-order valence-corrected chi connectivity index (χ3v) is 4.78. The second kappa shape index (κ2) is 8.46. The van der Waals surface area contributed by atoms with Crippen molar-refractivity contribution in [2.75, 3.05) is 5.32 Å². The van der Waals surface area contributed by atoms with Crippen molar-refractivity contribution in [2.45, 2.75) is 44.3 Å². The first-order chi connectivity index (χ1) is 13.3. The number of carbonyl (C=O) groups is 2. The van der Waals surface area contributed by atoms with E-state index in [9.17, 15) is 22.8 Å². The zero-order valence-corrected chi connectivity index (χ0v) is 15.2. The number of hydrogen-bond donors (Lipinski definition) is 2. The van der Waals surface area contributed by atoms with E-state index in [-0.39, 0.29) is 23.2 Å². The van der Waals surface area contributed by atoms with Crippen molar-refractivity contribution in [3.8, 4) is 0 Å². The molecule has 2 aromatic carbocycles. The lowest BCUT2D eigenvalue weighted by atomic mass is 9.95. The highest BCUT2D eigenvalue weighted by Crippen LogP contribution is 2.30. The summed E-state index contributed by atoms with van der Waals surface area (Å²) < 4.78 is 38.4. The Balaban J connectivity index is 1.69. The van der Waals surface area contributed by atoms with Gasteiger partial charge in [0, 0.05) is 22.9 Å². The molecule has 1 saturated carbocycles. The molecule has 28 heavy (non-hydrogen) atoms. The van der Waals surface area contributed by atoms with Gasteiger partial charge in [0.2, 0.25) is 0 Å². The van der Waals surface area contributed by atoms with Gasteiger partial charge in [-0.25, -0.2) is 0 Å². The Morgan fingerprint density at radius 1 is 0.857 bits per heavy atom. The number of rotatable bonds is 4. The van der Waals surface area contributed by atoms with Crippen molar-refractivity contribution in [1.29, 1.82) is 0 Å². The molecule has 4 nitrogen and oxygen atoms in total. The molecule has 1 aliphatic carbocycles. The number of anilines is 1. The zero-order chi connectivity index (χ0) is 20.1. The van der Waals surface area contributed by atoms with Crippen molar-refractivity contribution >= 4 is 17.5 Å². The van der Waals surface area contributed by atoms with E-state index in [2.05, 4.69) is 10.6 Å². The number of amides is 2. The lowest BCUT2D eigenvalue weighted by Crippen LogP contribution is -2.36. The molecule has 0 atom stereocenters. The summed E-state index contributed by atoms with van der Waals surface area (Å²) in [6.07, 6.45) is 0.757. The van der Waals surface area contributed by atoms with E-state index in [1.54, 1.807) is 12.1 Å². The second-order valence-electron chi connectivity index (χ2n) is 6.92. The molecule has 2 aromatic rings. The molecule has 0 aliphatic heterocycles. The number of hydrogen-bond acceptors (Lipinski definition) is 2. The van der Waals surface area contributed by atoms with Gasteiger partial charge in [-0.3, -0.25) is 9.59 Å².